The largest absolute Gasteiger partial charge is 0.439 e. The topological polar surface area (TPSA) is 16.4 Å². The van der Waals surface area contributed by atoms with Gasteiger partial charge in [-0.1, -0.05) is 91.1 Å². The molecule has 1 aliphatic heterocycles. The molecular formula is C33H29N2OS+. The first kappa shape index (κ1) is 23.3. The van der Waals surface area contributed by atoms with E-state index in [1.54, 1.807) is 0 Å². The fourth-order valence-electron chi connectivity index (χ4n) is 4.77. The molecule has 182 valence electrons. The maximum Gasteiger partial charge on any atom is 0.262 e. The number of nitrogens with zero attached hydrogens (tertiary/aromatic N) is 2. The van der Waals surface area contributed by atoms with Gasteiger partial charge in [0.25, 0.3) is 5.01 Å². The number of rotatable bonds is 5. The summed E-state index contributed by atoms with van der Waals surface area (Å²) < 4.78 is 9.85. The van der Waals surface area contributed by atoms with Gasteiger partial charge in [-0.3, -0.25) is 0 Å². The summed E-state index contributed by atoms with van der Waals surface area (Å²) in [5, 5.41) is 1.22. The Hall–Kier alpha value is -4.15. The molecule has 0 radical (unpaired) electrons. The summed E-state index contributed by atoms with van der Waals surface area (Å²) in [6.07, 6.45) is 5.37. The Labute approximate surface area is 222 Å². The number of anilines is 1. The van der Waals surface area contributed by atoms with E-state index in [4.69, 9.17) is 4.74 Å². The van der Waals surface area contributed by atoms with Gasteiger partial charge in [-0.25, -0.2) is 0 Å². The van der Waals surface area contributed by atoms with Crippen LogP contribution in [0.25, 0.3) is 38.5 Å². The van der Waals surface area contributed by atoms with E-state index in [2.05, 4.69) is 134 Å². The third-order valence-electron chi connectivity index (χ3n) is 6.97. The highest BCUT2D eigenvalue weighted by molar-refractivity contribution is 7.18. The van der Waals surface area contributed by atoms with Crippen molar-refractivity contribution < 1.29 is 9.30 Å². The molecule has 4 heteroatoms. The number of benzene rings is 4. The summed E-state index contributed by atoms with van der Waals surface area (Å²) in [5.74, 6) is 1.74. The lowest BCUT2D eigenvalue weighted by atomic mass is 10.0. The van der Waals surface area contributed by atoms with Crippen molar-refractivity contribution in [3.63, 3.8) is 0 Å². The quantitative estimate of drug-likeness (QED) is 0.226. The molecule has 0 amide bonds. The molecule has 0 unspecified atom stereocenters. The van der Waals surface area contributed by atoms with E-state index < -0.39 is 0 Å². The van der Waals surface area contributed by atoms with Crippen LogP contribution in [-0.2, 0) is 7.05 Å². The van der Waals surface area contributed by atoms with Gasteiger partial charge >= 0.3 is 0 Å². The minimum Gasteiger partial charge on any atom is -0.439 e. The van der Waals surface area contributed by atoms with Crippen LogP contribution in [0.2, 0.25) is 0 Å². The Morgan fingerprint density at radius 2 is 1.49 bits per heavy atom. The third kappa shape index (κ3) is 4.45. The van der Waals surface area contributed by atoms with Gasteiger partial charge in [-0.2, -0.15) is 4.57 Å². The molecule has 5 aromatic rings. The molecule has 0 fully saturated rings. The van der Waals surface area contributed by atoms with Crippen LogP contribution in [0.1, 0.15) is 18.4 Å². The number of aromatic nitrogens is 1. The molecule has 0 atom stereocenters. The normalized spacial score (nSPS) is 14.3. The molecule has 1 aliphatic rings. The summed E-state index contributed by atoms with van der Waals surface area (Å²) >= 11 is 1.82. The van der Waals surface area contributed by atoms with Crippen molar-refractivity contribution >= 4 is 33.3 Å². The monoisotopic (exact) mass is 501 g/mol. The van der Waals surface area contributed by atoms with Crippen molar-refractivity contribution in [2.45, 2.75) is 13.3 Å². The van der Waals surface area contributed by atoms with E-state index in [0.717, 1.165) is 23.7 Å². The van der Waals surface area contributed by atoms with Crippen LogP contribution in [0.4, 0.5) is 5.69 Å². The van der Waals surface area contributed by atoms with Crippen LogP contribution in [0.3, 0.4) is 0 Å². The number of aryl methyl sites for hydroxylation is 1. The van der Waals surface area contributed by atoms with Gasteiger partial charge < -0.3 is 9.64 Å². The molecule has 0 saturated carbocycles. The molecule has 2 heterocycles. The smallest absolute Gasteiger partial charge is 0.262 e. The molecule has 0 spiro atoms. The van der Waals surface area contributed by atoms with Gasteiger partial charge in [0.05, 0.1) is 5.69 Å². The number of thiazole rings is 1. The van der Waals surface area contributed by atoms with Gasteiger partial charge in [-0.15, -0.1) is 0 Å². The van der Waals surface area contributed by atoms with Crippen molar-refractivity contribution in [1.82, 2.24) is 0 Å². The lowest BCUT2D eigenvalue weighted by Gasteiger charge is -2.12. The van der Waals surface area contributed by atoms with Crippen LogP contribution in [0, 0.1) is 0 Å². The molecule has 4 aromatic carbocycles. The highest BCUT2D eigenvalue weighted by Crippen LogP contribution is 2.41. The molecule has 3 nitrogen and oxygen atoms in total. The summed E-state index contributed by atoms with van der Waals surface area (Å²) in [6.45, 7) is 2.19. The second kappa shape index (κ2) is 9.72. The second-order valence-electron chi connectivity index (χ2n) is 9.31. The zero-order valence-electron chi connectivity index (χ0n) is 21.3. The van der Waals surface area contributed by atoms with Gasteiger partial charge in [0.15, 0.2) is 5.75 Å². The Morgan fingerprint density at radius 1 is 0.838 bits per heavy atom. The number of hydrogen-bond donors (Lipinski definition) is 0. The van der Waals surface area contributed by atoms with Crippen molar-refractivity contribution in [2.24, 2.45) is 7.05 Å². The molecule has 37 heavy (non-hydrogen) atoms. The van der Waals surface area contributed by atoms with Crippen molar-refractivity contribution in [3.8, 4) is 28.0 Å². The molecule has 0 saturated heterocycles. The van der Waals surface area contributed by atoms with Crippen LogP contribution in [0.15, 0.2) is 115 Å². The van der Waals surface area contributed by atoms with Crippen LogP contribution < -0.4 is 14.2 Å². The first-order valence-electron chi connectivity index (χ1n) is 12.6. The van der Waals surface area contributed by atoms with E-state index in [-0.39, 0.29) is 0 Å². The molecule has 1 aromatic heterocycles. The highest BCUT2D eigenvalue weighted by atomic mass is 32.1. The van der Waals surface area contributed by atoms with Gasteiger partial charge in [0.2, 0.25) is 11.4 Å². The van der Waals surface area contributed by atoms with Gasteiger partial charge in [0, 0.05) is 25.3 Å². The Kier molecular flexibility index (Phi) is 6.11. The average Bonchev–Trinajstić information content (AvgIpc) is 3.43. The minimum absolute atomic E-state index is 0.850. The predicted molar refractivity (Wildman–Crippen MR) is 156 cm³/mol. The number of ether oxygens (including phenoxy) is 1. The highest BCUT2D eigenvalue weighted by Gasteiger charge is 2.24. The Balaban J connectivity index is 1.31. The van der Waals surface area contributed by atoms with Crippen LogP contribution >= 0.6 is 11.3 Å². The number of allylic oxidation sites excluding steroid dienone is 2. The zero-order chi connectivity index (χ0) is 25.4. The predicted octanol–water partition coefficient (Wildman–Crippen LogP) is 8.22. The van der Waals surface area contributed by atoms with Crippen LogP contribution in [0.5, 0.6) is 5.75 Å². The van der Waals surface area contributed by atoms with Gasteiger partial charge in [-0.05, 0) is 52.4 Å². The Bertz CT molecular complexity index is 1650. The third-order valence-corrected chi connectivity index (χ3v) is 8.14. The standard InChI is InChI=1S/C33H29N2OS/c1-4-23(19-32-34(2)28-21-26(15-17-30(28)36-32)24-11-7-5-8-12-24)20-33-35(3)29-22-27(16-18-31(29)37-33)25-13-9-6-10-14-25/h5-22H,4H2,1-3H3/q+1. The fourth-order valence-corrected chi connectivity index (χ4v) is 5.87. The molecular weight excluding hydrogens is 472 g/mol. The molecule has 0 N–H and O–H groups in total. The first-order chi connectivity index (χ1) is 18.1. The molecule has 0 bridgehead atoms. The van der Waals surface area contributed by atoms with Gasteiger partial charge in [0.1, 0.15) is 11.7 Å². The Morgan fingerprint density at radius 3 is 2.16 bits per heavy atom. The molecule has 0 aliphatic carbocycles. The fraction of sp³-hybridized carbons (Fsp3) is 0.121. The average molecular weight is 502 g/mol. The van der Waals surface area contributed by atoms with E-state index in [9.17, 15) is 0 Å². The lowest BCUT2D eigenvalue weighted by Crippen LogP contribution is -2.29. The summed E-state index contributed by atoms with van der Waals surface area (Å²) in [4.78, 5) is 2.14. The van der Waals surface area contributed by atoms with E-state index >= 15 is 0 Å². The van der Waals surface area contributed by atoms with E-state index in [1.807, 2.05) is 17.4 Å². The maximum atomic E-state index is 6.28. The first-order valence-corrected chi connectivity index (χ1v) is 13.4. The number of fused-ring (bicyclic) bond motifs is 2. The van der Waals surface area contributed by atoms with Crippen molar-refractivity contribution in [2.75, 3.05) is 11.9 Å². The van der Waals surface area contributed by atoms with Crippen LogP contribution in [-0.4, -0.2) is 7.05 Å². The molecule has 6 rings (SSSR count). The van der Waals surface area contributed by atoms with Crippen molar-refractivity contribution in [1.29, 1.82) is 0 Å². The lowest BCUT2D eigenvalue weighted by molar-refractivity contribution is -0.642. The zero-order valence-corrected chi connectivity index (χ0v) is 22.1. The van der Waals surface area contributed by atoms with Crippen molar-refractivity contribution in [3.05, 3.63) is 120 Å². The number of hydrogen-bond acceptors (Lipinski definition) is 3. The SMILES string of the molecule is CCC(=C/c1sc2ccc(-c3ccccc3)cc2[n+]1C)/C=C1/Oc2ccc(-c3ccccc3)cc2N1C. The minimum atomic E-state index is 0.850. The summed E-state index contributed by atoms with van der Waals surface area (Å²) in [7, 11) is 4.23. The second-order valence-corrected chi connectivity index (χ2v) is 10.4. The maximum absolute atomic E-state index is 6.28. The summed E-state index contributed by atoms with van der Waals surface area (Å²) in [5.41, 5.74) is 8.43. The van der Waals surface area contributed by atoms with E-state index in [1.165, 1.54) is 43.1 Å². The van der Waals surface area contributed by atoms with E-state index in [0.29, 0.717) is 0 Å². The summed E-state index contributed by atoms with van der Waals surface area (Å²) in [6, 6.07) is 34.2.